The fourth-order valence-electron chi connectivity index (χ4n) is 2.94. The molecule has 0 bridgehead atoms. The summed E-state index contributed by atoms with van der Waals surface area (Å²) in [6.07, 6.45) is 2.19. The van der Waals surface area contributed by atoms with Crippen LogP contribution in [-0.4, -0.2) is 9.55 Å². The van der Waals surface area contributed by atoms with Crippen LogP contribution in [0.2, 0.25) is 0 Å². The highest BCUT2D eigenvalue weighted by atomic mass is 32.1. The zero-order chi connectivity index (χ0) is 15.8. The number of nitrogens with two attached hydrogens (primary N) is 1. The maximum Gasteiger partial charge on any atom is 0.180 e. The minimum atomic E-state index is 0.608. The van der Waals surface area contributed by atoms with E-state index in [0.29, 0.717) is 5.13 Å². The average molecular weight is 319 g/mol. The number of rotatable bonds is 3. The van der Waals surface area contributed by atoms with Gasteiger partial charge in [0.05, 0.1) is 5.69 Å². The molecule has 0 atom stereocenters. The van der Waals surface area contributed by atoms with Crippen LogP contribution >= 0.6 is 11.3 Å². The number of nitrogens with zero attached hydrogens (tertiary/aromatic N) is 2. The van der Waals surface area contributed by atoms with Gasteiger partial charge in [-0.05, 0) is 24.6 Å². The van der Waals surface area contributed by atoms with Gasteiger partial charge in [-0.15, -0.1) is 11.3 Å². The highest BCUT2D eigenvalue weighted by molar-refractivity contribution is 7.13. The summed E-state index contributed by atoms with van der Waals surface area (Å²) in [5.74, 6) is 0. The summed E-state index contributed by atoms with van der Waals surface area (Å²) in [7, 11) is 0. The lowest BCUT2D eigenvalue weighted by molar-refractivity contribution is 0.837. The predicted octanol–water partition coefficient (Wildman–Crippen LogP) is 4.70. The molecular weight excluding hydrogens is 302 g/mol. The van der Waals surface area contributed by atoms with Gasteiger partial charge in [-0.3, -0.25) is 0 Å². The lowest BCUT2D eigenvalue weighted by atomic mass is 10.1. The second-order valence-electron chi connectivity index (χ2n) is 5.75. The Morgan fingerprint density at radius 3 is 2.70 bits per heavy atom. The second-order valence-corrected chi connectivity index (χ2v) is 6.64. The van der Waals surface area contributed by atoms with Gasteiger partial charge in [-0.1, -0.05) is 42.0 Å². The van der Waals surface area contributed by atoms with Crippen molar-refractivity contribution in [3.8, 4) is 11.3 Å². The minimum Gasteiger partial charge on any atom is -0.375 e. The van der Waals surface area contributed by atoms with E-state index in [9.17, 15) is 0 Å². The molecule has 4 rings (SSSR count). The Bertz CT molecular complexity index is 967. The van der Waals surface area contributed by atoms with Gasteiger partial charge in [0.2, 0.25) is 0 Å². The molecule has 2 aromatic carbocycles. The molecular formula is C19H17N3S. The van der Waals surface area contributed by atoms with Crippen LogP contribution in [0.1, 0.15) is 11.1 Å². The van der Waals surface area contributed by atoms with Crippen LogP contribution in [-0.2, 0) is 6.54 Å². The van der Waals surface area contributed by atoms with Gasteiger partial charge < -0.3 is 10.3 Å². The molecule has 3 nitrogen and oxygen atoms in total. The quantitative estimate of drug-likeness (QED) is 0.594. The molecule has 0 fully saturated rings. The van der Waals surface area contributed by atoms with Gasteiger partial charge in [0.25, 0.3) is 0 Å². The number of benzene rings is 2. The van der Waals surface area contributed by atoms with Crippen LogP contribution in [0.15, 0.2) is 60.1 Å². The molecule has 2 heterocycles. The van der Waals surface area contributed by atoms with Gasteiger partial charge in [0.1, 0.15) is 0 Å². The summed E-state index contributed by atoms with van der Waals surface area (Å²) in [6, 6.07) is 17.1. The molecule has 0 saturated heterocycles. The SMILES string of the molecule is Cc1ccc2c(c1)c(-c1csc(N)n1)cn2Cc1ccccc1. The molecule has 0 aliphatic rings. The average Bonchev–Trinajstić information content (AvgIpc) is 3.12. The van der Waals surface area contributed by atoms with Crippen molar-refractivity contribution in [3.05, 3.63) is 71.2 Å². The number of thiazole rings is 1. The molecule has 114 valence electrons. The van der Waals surface area contributed by atoms with E-state index in [0.717, 1.165) is 17.8 Å². The molecule has 4 aromatic rings. The van der Waals surface area contributed by atoms with Gasteiger partial charge in [0, 0.05) is 34.6 Å². The number of aromatic nitrogens is 2. The summed E-state index contributed by atoms with van der Waals surface area (Å²) in [4.78, 5) is 4.46. The summed E-state index contributed by atoms with van der Waals surface area (Å²) in [5, 5.41) is 3.86. The Labute approximate surface area is 139 Å². The molecule has 2 N–H and O–H groups in total. The van der Waals surface area contributed by atoms with E-state index in [-0.39, 0.29) is 0 Å². The Morgan fingerprint density at radius 2 is 1.96 bits per heavy atom. The molecule has 0 spiro atoms. The van der Waals surface area contributed by atoms with Crippen molar-refractivity contribution in [1.82, 2.24) is 9.55 Å². The summed E-state index contributed by atoms with van der Waals surface area (Å²) >= 11 is 1.48. The van der Waals surface area contributed by atoms with E-state index in [1.54, 1.807) is 0 Å². The number of fused-ring (bicyclic) bond motifs is 1. The summed E-state index contributed by atoms with van der Waals surface area (Å²) in [5.41, 5.74) is 11.7. The van der Waals surface area contributed by atoms with Crippen LogP contribution in [0.25, 0.3) is 22.2 Å². The molecule has 0 radical (unpaired) electrons. The van der Waals surface area contributed by atoms with E-state index < -0.39 is 0 Å². The number of anilines is 1. The lowest BCUT2D eigenvalue weighted by Crippen LogP contribution is -1.97. The van der Waals surface area contributed by atoms with Gasteiger partial charge in [-0.2, -0.15) is 0 Å². The third kappa shape index (κ3) is 2.62. The van der Waals surface area contributed by atoms with Gasteiger partial charge >= 0.3 is 0 Å². The molecule has 0 aliphatic carbocycles. The van der Waals surface area contributed by atoms with Crippen LogP contribution in [0, 0.1) is 6.92 Å². The first-order valence-corrected chi connectivity index (χ1v) is 8.43. The zero-order valence-corrected chi connectivity index (χ0v) is 13.7. The van der Waals surface area contributed by atoms with Crippen molar-refractivity contribution in [2.24, 2.45) is 0 Å². The first-order valence-electron chi connectivity index (χ1n) is 7.55. The second kappa shape index (κ2) is 5.56. The van der Waals surface area contributed by atoms with Gasteiger partial charge in [0.15, 0.2) is 5.13 Å². The normalized spacial score (nSPS) is 11.2. The molecule has 0 aliphatic heterocycles. The fourth-order valence-corrected chi connectivity index (χ4v) is 3.50. The van der Waals surface area contributed by atoms with Gasteiger partial charge in [-0.25, -0.2) is 4.98 Å². The standard InChI is InChI=1S/C19H17N3S/c1-13-7-8-18-15(9-13)16(17-12-23-19(20)21-17)11-22(18)10-14-5-3-2-4-6-14/h2-9,11-12H,10H2,1H3,(H2,20,21). The number of nitrogen functional groups attached to an aromatic ring is 1. The van der Waals surface area contributed by atoms with E-state index >= 15 is 0 Å². The van der Waals surface area contributed by atoms with Crippen molar-refractivity contribution in [1.29, 1.82) is 0 Å². The minimum absolute atomic E-state index is 0.608. The zero-order valence-electron chi connectivity index (χ0n) is 12.9. The third-order valence-corrected chi connectivity index (χ3v) is 4.70. The van der Waals surface area contributed by atoms with Crippen LogP contribution in [0.5, 0.6) is 0 Å². The Morgan fingerprint density at radius 1 is 1.13 bits per heavy atom. The highest BCUT2D eigenvalue weighted by Gasteiger charge is 2.13. The number of aryl methyl sites for hydroxylation is 1. The van der Waals surface area contributed by atoms with E-state index in [1.165, 1.54) is 33.4 Å². The lowest BCUT2D eigenvalue weighted by Gasteiger charge is -2.05. The van der Waals surface area contributed by atoms with E-state index in [2.05, 4.69) is 65.1 Å². The van der Waals surface area contributed by atoms with Crippen molar-refractivity contribution in [2.45, 2.75) is 13.5 Å². The maximum absolute atomic E-state index is 5.82. The van der Waals surface area contributed by atoms with E-state index in [4.69, 9.17) is 5.73 Å². The Balaban J connectivity index is 1.88. The third-order valence-electron chi connectivity index (χ3n) is 4.03. The smallest absolute Gasteiger partial charge is 0.180 e. The molecule has 0 saturated carbocycles. The van der Waals surface area contributed by atoms with E-state index in [1.807, 2.05) is 11.4 Å². The first-order chi connectivity index (χ1) is 11.2. The van der Waals surface area contributed by atoms with Crippen LogP contribution < -0.4 is 5.73 Å². The van der Waals surface area contributed by atoms with Crippen molar-refractivity contribution in [2.75, 3.05) is 5.73 Å². The largest absolute Gasteiger partial charge is 0.375 e. The number of hydrogen-bond donors (Lipinski definition) is 1. The Hall–Kier alpha value is -2.59. The van der Waals surface area contributed by atoms with Crippen molar-refractivity contribution >= 4 is 27.4 Å². The van der Waals surface area contributed by atoms with Crippen molar-refractivity contribution in [3.63, 3.8) is 0 Å². The summed E-state index contributed by atoms with van der Waals surface area (Å²) < 4.78 is 2.29. The molecule has 0 unspecified atom stereocenters. The topological polar surface area (TPSA) is 43.8 Å². The summed E-state index contributed by atoms with van der Waals surface area (Å²) in [6.45, 7) is 2.97. The maximum atomic E-state index is 5.82. The predicted molar refractivity (Wildman–Crippen MR) is 97.7 cm³/mol. The molecule has 0 amide bonds. The monoisotopic (exact) mass is 319 g/mol. The van der Waals surface area contributed by atoms with Crippen LogP contribution in [0.3, 0.4) is 0 Å². The number of hydrogen-bond acceptors (Lipinski definition) is 3. The van der Waals surface area contributed by atoms with Crippen LogP contribution in [0.4, 0.5) is 5.13 Å². The van der Waals surface area contributed by atoms with Crippen molar-refractivity contribution < 1.29 is 0 Å². The fraction of sp³-hybridized carbons (Fsp3) is 0.105. The molecule has 4 heteroatoms. The molecule has 2 aromatic heterocycles. The Kier molecular flexibility index (Phi) is 3.39. The first kappa shape index (κ1) is 14.0. The molecule has 23 heavy (non-hydrogen) atoms. The highest BCUT2D eigenvalue weighted by Crippen LogP contribution is 2.33.